The van der Waals surface area contributed by atoms with Gasteiger partial charge in [-0.3, -0.25) is 9.78 Å². The standard InChI is InChI=1S/C10H9N3O/c1-7-12-9(6-10(14)13-7)8-4-2-3-5-11-8/h2-6H,1H3,(H,12,13,14)/i1D3,2D,3D,4D,5D,6D. The Labute approximate surface area is 91.9 Å². The molecule has 0 unspecified atom stereocenters. The van der Waals surface area contributed by atoms with Crippen molar-refractivity contribution >= 4 is 0 Å². The molecule has 0 aliphatic heterocycles. The summed E-state index contributed by atoms with van der Waals surface area (Å²) < 4.78 is 59.5. The van der Waals surface area contributed by atoms with E-state index in [9.17, 15) is 4.79 Å². The molecule has 0 radical (unpaired) electrons. The molecule has 4 nitrogen and oxygen atoms in total. The van der Waals surface area contributed by atoms with Gasteiger partial charge in [-0.1, -0.05) is 6.04 Å². The predicted molar refractivity (Wildman–Crippen MR) is 52.8 cm³/mol. The molecule has 4 heteroatoms. The van der Waals surface area contributed by atoms with Gasteiger partial charge in [0.05, 0.1) is 18.2 Å². The number of pyridine rings is 1. The van der Waals surface area contributed by atoms with Crippen LogP contribution in [0, 0.1) is 6.85 Å². The van der Waals surface area contributed by atoms with Crippen LogP contribution in [0.4, 0.5) is 0 Å². The van der Waals surface area contributed by atoms with E-state index < -0.39 is 60.0 Å². The first-order valence-electron chi connectivity index (χ1n) is 7.60. The molecule has 0 spiro atoms. The first-order valence-corrected chi connectivity index (χ1v) is 3.60. The highest BCUT2D eigenvalue weighted by atomic mass is 16.1. The number of nitrogens with zero attached hydrogens (tertiary/aromatic N) is 2. The molecule has 0 aliphatic carbocycles. The average molecular weight is 195 g/mol. The van der Waals surface area contributed by atoms with Crippen LogP contribution in [-0.4, -0.2) is 15.0 Å². The summed E-state index contributed by atoms with van der Waals surface area (Å²) in [5.74, 6) is -0.683. The molecular formula is C10H9N3O. The molecule has 2 aromatic heterocycles. The monoisotopic (exact) mass is 195 g/mol. The van der Waals surface area contributed by atoms with E-state index in [0.717, 1.165) is 0 Å². The molecule has 0 atom stereocenters. The summed E-state index contributed by atoms with van der Waals surface area (Å²) in [6, 6.07) is -2.54. The van der Waals surface area contributed by atoms with Gasteiger partial charge in [-0.15, -0.1) is 0 Å². The molecule has 2 heterocycles. The third kappa shape index (κ3) is 1.69. The third-order valence-corrected chi connectivity index (χ3v) is 1.38. The van der Waals surface area contributed by atoms with Crippen LogP contribution in [0.1, 0.15) is 16.8 Å². The second-order valence-corrected chi connectivity index (χ2v) is 2.34. The molecule has 70 valence electrons. The van der Waals surface area contributed by atoms with Crippen LogP contribution in [0.5, 0.6) is 0 Å². The Morgan fingerprint density at radius 3 is 3.29 bits per heavy atom. The SMILES string of the molecule is [2H]c1nc(-c2nc(C([2H])([2H])[2H])[nH]c(=O)c2[2H])c([2H])c([2H])c1[2H]. The fraction of sp³-hybridized carbons (Fsp3) is 0.100. The lowest BCUT2D eigenvalue weighted by Crippen LogP contribution is -2.08. The van der Waals surface area contributed by atoms with Crippen molar-refractivity contribution in [2.75, 3.05) is 0 Å². The summed E-state index contributed by atoms with van der Waals surface area (Å²) in [7, 11) is 0. The van der Waals surface area contributed by atoms with Crippen LogP contribution in [0.3, 0.4) is 0 Å². The smallest absolute Gasteiger partial charge is 0.251 e. The van der Waals surface area contributed by atoms with Gasteiger partial charge < -0.3 is 4.98 Å². The van der Waals surface area contributed by atoms with Crippen LogP contribution < -0.4 is 5.56 Å². The van der Waals surface area contributed by atoms with Crippen molar-refractivity contribution in [2.45, 2.75) is 6.85 Å². The summed E-state index contributed by atoms with van der Waals surface area (Å²) in [6.45, 7) is -2.74. The predicted octanol–water partition coefficient (Wildman–Crippen LogP) is 1.14. The lowest BCUT2D eigenvalue weighted by Gasteiger charge is -1.99. The minimum absolute atomic E-state index is 0.451. The van der Waals surface area contributed by atoms with E-state index in [2.05, 4.69) is 9.97 Å². The van der Waals surface area contributed by atoms with Gasteiger partial charge in [0.15, 0.2) is 0 Å². The Kier molecular flexibility index (Phi) is 0.807. The highest BCUT2D eigenvalue weighted by Gasteiger charge is 2.01. The topological polar surface area (TPSA) is 58.6 Å². The first-order chi connectivity index (χ1) is 10.0. The van der Waals surface area contributed by atoms with Crippen molar-refractivity contribution in [2.24, 2.45) is 0 Å². The van der Waals surface area contributed by atoms with Crippen molar-refractivity contribution < 1.29 is 11.0 Å². The van der Waals surface area contributed by atoms with E-state index in [1.54, 1.807) is 0 Å². The zero-order valence-electron chi connectivity index (χ0n) is 14.8. The molecule has 1 N–H and O–H groups in total. The maximum absolute atomic E-state index is 11.7. The van der Waals surface area contributed by atoms with Crippen molar-refractivity contribution in [3.05, 3.63) is 46.5 Å². The van der Waals surface area contributed by atoms with Gasteiger partial charge in [-0.25, -0.2) is 4.98 Å². The van der Waals surface area contributed by atoms with Gasteiger partial charge in [-0.2, -0.15) is 0 Å². The fourth-order valence-corrected chi connectivity index (χ4v) is 0.869. The molecular weight excluding hydrogens is 178 g/mol. The van der Waals surface area contributed by atoms with Crippen LogP contribution in [0.2, 0.25) is 0 Å². The molecule has 0 aromatic carbocycles. The van der Waals surface area contributed by atoms with Crippen molar-refractivity contribution in [1.29, 1.82) is 0 Å². The molecule has 2 rings (SSSR count). The Bertz CT molecular complexity index is 813. The fourth-order valence-electron chi connectivity index (χ4n) is 0.869. The van der Waals surface area contributed by atoms with Gasteiger partial charge in [0.1, 0.15) is 5.82 Å². The Hall–Kier alpha value is -1.97. The van der Waals surface area contributed by atoms with E-state index in [4.69, 9.17) is 11.0 Å². The summed E-state index contributed by atoms with van der Waals surface area (Å²) in [4.78, 5) is 20.8. The van der Waals surface area contributed by atoms with Crippen LogP contribution >= 0.6 is 0 Å². The number of nitrogens with one attached hydrogen (secondary N) is 1. The number of hydrogen-bond donors (Lipinski definition) is 1. The van der Waals surface area contributed by atoms with Crippen molar-refractivity contribution in [3.63, 3.8) is 0 Å². The maximum Gasteiger partial charge on any atom is 0.251 e. The van der Waals surface area contributed by atoms with Gasteiger partial charge in [0.25, 0.3) is 5.56 Å². The second kappa shape index (κ2) is 3.41. The summed E-state index contributed by atoms with van der Waals surface area (Å²) in [5.41, 5.74) is -2.00. The Balaban J connectivity index is 2.84. The summed E-state index contributed by atoms with van der Waals surface area (Å²) in [6.07, 6.45) is -0.632. The lowest BCUT2D eigenvalue weighted by atomic mass is 10.2. The molecule has 0 bridgehead atoms. The zero-order chi connectivity index (χ0) is 16.8. The molecule has 0 amide bonds. The summed E-state index contributed by atoms with van der Waals surface area (Å²) >= 11 is 0. The molecule has 2 aromatic rings. The number of aromatic amines is 1. The normalized spacial score (nSPS) is 19.1. The lowest BCUT2D eigenvalue weighted by molar-refractivity contribution is 1.02. The van der Waals surface area contributed by atoms with Gasteiger partial charge in [-0.05, 0) is 18.9 Å². The number of aryl methyl sites for hydroxylation is 1. The molecule has 14 heavy (non-hydrogen) atoms. The van der Waals surface area contributed by atoms with E-state index in [-0.39, 0.29) is 0 Å². The van der Waals surface area contributed by atoms with E-state index in [1.165, 1.54) is 0 Å². The maximum atomic E-state index is 11.7. The largest absolute Gasteiger partial charge is 0.311 e. The number of aromatic nitrogens is 3. The third-order valence-electron chi connectivity index (χ3n) is 1.38. The molecule has 0 saturated carbocycles. The highest BCUT2D eigenvalue weighted by Crippen LogP contribution is 2.10. The minimum atomic E-state index is -2.74. The second-order valence-electron chi connectivity index (χ2n) is 2.34. The molecule has 0 aliphatic rings. The van der Waals surface area contributed by atoms with E-state index >= 15 is 0 Å². The van der Waals surface area contributed by atoms with Crippen LogP contribution in [-0.2, 0) is 0 Å². The Morgan fingerprint density at radius 1 is 1.50 bits per heavy atom. The van der Waals surface area contributed by atoms with Crippen LogP contribution in [0.25, 0.3) is 11.4 Å². The first kappa shape index (κ1) is 3.31. The quantitative estimate of drug-likeness (QED) is 0.742. The zero-order valence-corrected chi connectivity index (χ0v) is 6.80. The van der Waals surface area contributed by atoms with Crippen LogP contribution in [0.15, 0.2) is 35.1 Å². The van der Waals surface area contributed by atoms with Crippen molar-refractivity contribution in [1.82, 2.24) is 15.0 Å². The van der Waals surface area contributed by atoms with E-state index in [1.807, 2.05) is 4.98 Å². The van der Waals surface area contributed by atoms with Gasteiger partial charge in [0.2, 0.25) is 0 Å². The van der Waals surface area contributed by atoms with Crippen molar-refractivity contribution in [3.8, 4) is 11.4 Å². The Morgan fingerprint density at radius 2 is 2.43 bits per heavy atom. The summed E-state index contributed by atoms with van der Waals surface area (Å²) in [5, 5.41) is 0. The highest BCUT2D eigenvalue weighted by molar-refractivity contribution is 5.52. The van der Waals surface area contributed by atoms with Gasteiger partial charge in [0, 0.05) is 16.3 Å². The number of hydrogen-bond acceptors (Lipinski definition) is 3. The number of rotatable bonds is 1. The average Bonchev–Trinajstić information content (AvgIpc) is 2.42. The molecule has 0 fully saturated rings. The minimum Gasteiger partial charge on any atom is -0.311 e. The molecule has 0 saturated heterocycles. The van der Waals surface area contributed by atoms with Gasteiger partial charge >= 0.3 is 0 Å². The number of H-pyrrole nitrogens is 1. The van der Waals surface area contributed by atoms with E-state index in [0.29, 0.717) is 0 Å².